The van der Waals surface area contributed by atoms with Crippen molar-refractivity contribution in [1.82, 2.24) is 0 Å². The van der Waals surface area contributed by atoms with Crippen LogP contribution in [-0.4, -0.2) is 20.2 Å². The summed E-state index contributed by atoms with van der Waals surface area (Å²) in [5.41, 5.74) is 0. The Labute approximate surface area is 88.2 Å². The minimum Gasteiger partial charge on any atom is -0.413 e. The van der Waals surface area contributed by atoms with Gasteiger partial charge < -0.3 is 4.43 Å². The SMILES string of the molecule is CC(C)(C)[Si](C)(C)O[C@H]1CCC(=O)C1. The molecule has 3 heteroatoms. The Morgan fingerprint density at radius 2 is 1.93 bits per heavy atom. The predicted molar refractivity (Wildman–Crippen MR) is 60.9 cm³/mol. The quantitative estimate of drug-likeness (QED) is 0.660. The zero-order valence-corrected chi connectivity index (χ0v) is 11.0. The van der Waals surface area contributed by atoms with Gasteiger partial charge in [-0.3, -0.25) is 4.79 Å². The van der Waals surface area contributed by atoms with Crippen molar-refractivity contribution >= 4 is 14.1 Å². The largest absolute Gasteiger partial charge is 0.413 e. The van der Waals surface area contributed by atoms with Crippen molar-refractivity contribution < 1.29 is 9.22 Å². The summed E-state index contributed by atoms with van der Waals surface area (Å²) in [5, 5.41) is 0.249. The third kappa shape index (κ3) is 2.67. The fourth-order valence-electron chi connectivity index (χ4n) is 1.47. The highest BCUT2D eigenvalue weighted by atomic mass is 28.4. The Morgan fingerprint density at radius 3 is 2.29 bits per heavy atom. The summed E-state index contributed by atoms with van der Waals surface area (Å²) in [5.74, 6) is 0.369. The van der Waals surface area contributed by atoms with Gasteiger partial charge in [-0.05, 0) is 24.6 Å². The summed E-state index contributed by atoms with van der Waals surface area (Å²) < 4.78 is 6.15. The molecule has 14 heavy (non-hydrogen) atoms. The lowest BCUT2D eigenvalue weighted by molar-refractivity contribution is -0.117. The molecule has 1 aliphatic rings. The van der Waals surface area contributed by atoms with Gasteiger partial charge in [0.1, 0.15) is 5.78 Å². The minimum atomic E-state index is -1.65. The zero-order valence-electron chi connectivity index (χ0n) is 10.0. The lowest BCUT2D eigenvalue weighted by Crippen LogP contribution is -2.43. The molecule has 0 radical (unpaired) electrons. The number of hydrogen-bond acceptors (Lipinski definition) is 2. The molecule has 0 aromatic carbocycles. The number of carbonyl (C=O) groups is 1. The average molecular weight is 214 g/mol. The van der Waals surface area contributed by atoms with Gasteiger partial charge >= 0.3 is 0 Å². The van der Waals surface area contributed by atoms with E-state index in [1.807, 2.05) is 0 Å². The van der Waals surface area contributed by atoms with Crippen LogP contribution in [0.4, 0.5) is 0 Å². The zero-order chi connectivity index (χ0) is 11.0. The number of rotatable bonds is 2. The molecule has 0 bridgehead atoms. The third-order valence-electron chi connectivity index (χ3n) is 3.47. The molecule has 1 atom stereocenters. The van der Waals surface area contributed by atoms with Gasteiger partial charge in [0.25, 0.3) is 0 Å². The van der Waals surface area contributed by atoms with Crippen molar-refractivity contribution in [3.63, 3.8) is 0 Å². The first-order valence-corrected chi connectivity index (χ1v) is 8.33. The Hall–Kier alpha value is -0.153. The summed E-state index contributed by atoms with van der Waals surface area (Å²) in [6.45, 7) is 11.2. The highest BCUT2D eigenvalue weighted by Crippen LogP contribution is 2.38. The van der Waals surface area contributed by atoms with Crippen molar-refractivity contribution in [2.24, 2.45) is 0 Å². The molecule has 0 spiro atoms. The smallest absolute Gasteiger partial charge is 0.192 e. The lowest BCUT2D eigenvalue weighted by atomic mass is 10.2. The highest BCUT2D eigenvalue weighted by molar-refractivity contribution is 6.74. The van der Waals surface area contributed by atoms with Crippen LogP contribution < -0.4 is 0 Å². The highest BCUT2D eigenvalue weighted by Gasteiger charge is 2.40. The molecule has 1 aliphatic carbocycles. The Kier molecular flexibility index (Phi) is 3.22. The van der Waals surface area contributed by atoms with Crippen LogP contribution in [0.3, 0.4) is 0 Å². The van der Waals surface area contributed by atoms with E-state index < -0.39 is 8.32 Å². The molecule has 0 aromatic rings. The van der Waals surface area contributed by atoms with Crippen molar-refractivity contribution in [1.29, 1.82) is 0 Å². The molecule has 1 saturated carbocycles. The Bertz CT molecular complexity index is 228. The van der Waals surface area contributed by atoms with E-state index in [-0.39, 0.29) is 11.1 Å². The van der Waals surface area contributed by atoms with Crippen molar-refractivity contribution in [2.45, 2.75) is 64.3 Å². The fourth-order valence-corrected chi connectivity index (χ4v) is 2.86. The molecule has 0 saturated heterocycles. The molecular formula is C11H22O2Si. The van der Waals surface area contributed by atoms with E-state index in [1.54, 1.807) is 0 Å². The van der Waals surface area contributed by atoms with Gasteiger partial charge in [0, 0.05) is 12.8 Å². The van der Waals surface area contributed by atoms with Crippen LogP contribution >= 0.6 is 0 Å². The molecular weight excluding hydrogens is 192 g/mol. The molecule has 2 nitrogen and oxygen atoms in total. The summed E-state index contributed by atoms with van der Waals surface area (Å²) >= 11 is 0. The normalized spacial score (nSPS) is 24.4. The Morgan fingerprint density at radius 1 is 1.36 bits per heavy atom. The maximum atomic E-state index is 11.1. The van der Waals surface area contributed by atoms with Crippen LogP contribution in [0.25, 0.3) is 0 Å². The summed E-state index contributed by atoms with van der Waals surface area (Å²) in [4.78, 5) is 11.1. The van der Waals surface area contributed by atoms with E-state index in [0.29, 0.717) is 12.2 Å². The van der Waals surface area contributed by atoms with Crippen LogP contribution in [0.15, 0.2) is 0 Å². The van der Waals surface area contributed by atoms with Gasteiger partial charge in [-0.1, -0.05) is 20.8 Å². The van der Waals surface area contributed by atoms with Crippen LogP contribution in [0.5, 0.6) is 0 Å². The van der Waals surface area contributed by atoms with Crippen molar-refractivity contribution in [2.75, 3.05) is 0 Å². The Balaban J connectivity index is 2.55. The second-order valence-corrected chi connectivity index (χ2v) is 10.5. The predicted octanol–water partition coefficient (Wildman–Crippen LogP) is 3.13. The lowest BCUT2D eigenvalue weighted by Gasteiger charge is -2.38. The molecule has 1 rings (SSSR count). The van der Waals surface area contributed by atoms with E-state index in [9.17, 15) is 4.79 Å². The van der Waals surface area contributed by atoms with Crippen molar-refractivity contribution in [3.8, 4) is 0 Å². The van der Waals surface area contributed by atoms with E-state index in [4.69, 9.17) is 4.43 Å². The van der Waals surface area contributed by atoms with Gasteiger partial charge in [-0.2, -0.15) is 0 Å². The summed E-state index contributed by atoms with van der Waals surface area (Å²) in [6.07, 6.45) is 2.51. The number of Topliss-reactive ketones (excluding diaryl/α,β-unsaturated/α-hetero) is 1. The van der Waals surface area contributed by atoms with Crippen LogP contribution in [0.1, 0.15) is 40.0 Å². The second-order valence-electron chi connectivity index (χ2n) is 5.78. The maximum absolute atomic E-state index is 11.1. The van der Waals surface area contributed by atoms with Crippen molar-refractivity contribution in [3.05, 3.63) is 0 Å². The summed E-state index contributed by atoms with van der Waals surface area (Å²) in [7, 11) is -1.65. The maximum Gasteiger partial charge on any atom is 0.192 e. The first-order valence-electron chi connectivity index (χ1n) is 5.42. The number of carbonyl (C=O) groups excluding carboxylic acids is 1. The molecule has 82 valence electrons. The minimum absolute atomic E-state index is 0.211. The van der Waals surface area contributed by atoms with Gasteiger partial charge in [-0.15, -0.1) is 0 Å². The second kappa shape index (κ2) is 3.78. The van der Waals surface area contributed by atoms with E-state index in [0.717, 1.165) is 12.8 Å². The molecule has 0 aliphatic heterocycles. The van der Waals surface area contributed by atoms with Crippen LogP contribution in [-0.2, 0) is 9.22 Å². The van der Waals surface area contributed by atoms with E-state index in [2.05, 4.69) is 33.9 Å². The molecule has 0 aromatic heterocycles. The molecule has 0 heterocycles. The molecule has 0 unspecified atom stereocenters. The standard InChI is InChI=1S/C11H22O2Si/c1-11(2,3)14(4,5)13-10-7-6-9(12)8-10/h10H,6-8H2,1-5H3/t10-/m0/s1. The summed E-state index contributed by atoms with van der Waals surface area (Å²) in [6, 6.07) is 0. The molecule has 1 fully saturated rings. The van der Waals surface area contributed by atoms with Gasteiger partial charge in [0.2, 0.25) is 0 Å². The van der Waals surface area contributed by atoms with Crippen LogP contribution in [0, 0.1) is 0 Å². The fraction of sp³-hybridized carbons (Fsp3) is 0.909. The topological polar surface area (TPSA) is 26.3 Å². The monoisotopic (exact) mass is 214 g/mol. The van der Waals surface area contributed by atoms with Gasteiger partial charge in [-0.25, -0.2) is 0 Å². The van der Waals surface area contributed by atoms with Crippen LogP contribution in [0.2, 0.25) is 18.1 Å². The number of hydrogen-bond donors (Lipinski definition) is 0. The van der Waals surface area contributed by atoms with E-state index in [1.165, 1.54) is 0 Å². The van der Waals surface area contributed by atoms with Gasteiger partial charge in [0.05, 0.1) is 6.10 Å². The van der Waals surface area contributed by atoms with E-state index >= 15 is 0 Å². The molecule has 0 N–H and O–H groups in total. The van der Waals surface area contributed by atoms with Gasteiger partial charge in [0.15, 0.2) is 8.32 Å². The average Bonchev–Trinajstić information content (AvgIpc) is 2.31. The first kappa shape index (κ1) is 11.9. The molecule has 0 amide bonds. The first-order chi connectivity index (χ1) is 6.22. The third-order valence-corrected chi connectivity index (χ3v) is 8.00. The number of ketones is 1.